The van der Waals surface area contributed by atoms with E-state index in [-0.39, 0.29) is 11.2 Å². The lowest BCUT2D eigenvalue weighted by molar-refractivity contribution is -0.111. The highest BCUT2D eigenvalue weighted by molar-refractivity contribution is 7.96. The number of hydrogen-bond acceptors (Lipinski definition) is 2. The van der Waals surface area contributed by atoms with Crippen LogP contribution in [0.1, 0.15) is 0 Å². The van der Waals surface area contributed by atoms with Crippen LogP contribution in [0.2, 0.25) is 0 Å². The normalized spacial score (nSPS) is 29.8. The van der Waals surface area contributed by atoms with E-state index in [2.05, 4.69) is 17.4 Å². The molecule has 0 amide bonds. The summed E-state index contributed by atoms with van der Waals surface area (Å²) in [7, 11) is 0. The highest BCUT2D eigenvalue weighted by Crippen LogP contribution is 2.10. The summed E-state index contributed by atoms with van der Waals surface area (Å²) in [5.41, 5.74) is 0. The molecule has 1 aliphatic rings. The summed E-state index contributed by atoms with van der Waals surface area (Å²) in [5, 5.41) is -0.157. The summed E-state index contributed by atoms with van der Waals surface area (Å²) in [6.45, 7) is 0.572. The Hall–Kier alpha value is -0.0200. The number of rotatable bonds is 1. The van der Waals surface area contributed by atoms with E-state index in [0.717, 1.165) is 0 Å². The minimum Gasteiger partial charge on any atom is -0.364 e. The zero-order chi connectivity index (χ0) is 4.57. The van der Waals surface area contributed by atoms with Crippen molar-refractivity contribution in [1.29, 1.82) is 0 Å². The Balaban J connectivity index is 2.31. The molecule has 1 fully saturated rings. The molecule has 1 heterocycles. The van der Waals surface area contributed by atoms with Crippen LogP contribution in [0.4, 0.5) is 0 Å². The van der Waals surface area contributed by atoms with Gasteiger partial charge < -0.3 is 4.74 Å². The molecule has 0 aromatic heterocycles. The van der Waals surface area contributed by atoms with Crippen molar-refractivity contribution in [3.63, 3.8) is 0 Å². The maximum absolute atomic E-state index is 9.95. The molecule has 0 aromatic carbocycles. The Morgan fingerprint density at radius 2 is 2.50 bits per heavy atom. The van der Waals surface area contributed by atoms with E-state index in [1.807, 2.05) is 0 Å². The van der Waals surface area contributed by atoms with Crippen molar-refractivity contribution in [3.05, 3.63) is 0 Å². The van der Waals surface area contributed by atoms with Gasteiger partial charge in [0.15, 0.2) is 0 Å². The lowest BCUT2D eigenvalue weighted by Gasteiger charge is -1.71. The van der Waals surface area contributed by atoms with Crippen LogP contribution in [0.3, 0.4) is 0 Å². The Morgan fingerprint density at radius 1 is 2.00 bits per heavy atom. The third-order valence-corrected chi connectivity index (χ3v) is 0.897. The molecule has 0 N–H and O–H groups in total. The van der Waals surface area contributed by atoms with Gasteiger partial charge in [0, 0.05) is 0 Å². The van der Waals surface area contributed by atoms with E-state index < -0.39 is 0 Å². The van der Waals surface area contributed by atoms with E-state index in [9.17, 15) is 4.79 Å². The fraction of sp³-hybridized carbons (Fsp3) is 0.667. The monoisotopic (exact) mass is 104 g/mol. The van der Waals surface area contributed by atoms with Crippen LogP contribution in [-0.2, 0) is 9.53 Å². The molecule has 0 bridgehead atoms. The molecule has 0 radical (unpaired) electrons. The van der Waals surface area contributed by atoms with Crippen molar-refractivity contribution < 1.29 is 9.53 Å². The second kappa shape index (κ2) is 1.24. The summed E-state index contributed by atoms with van der Waals surface area (Å²) < 4.78 is 4.54. The van der Waals surface area contributed by atoms with Gasteiger partial charge in [0.1, 0.15) is 6.10 Å². The number of hydrogen-bond donors (Lipinski definition) is 1. The van der Waals surface area contributed by atoms with Crippen LogP contribution in [-0.4, -0.2) is 17.8 Å². The van der Waals surface area contributed by atoms with Gasteiger partial charge in [-0.2, -0.15) is 0 Å². The molecule has 3 heteroatoms. The minimum atomic E-state index is -0.173. The smallest absolute Gasteiger partial charge is 0.217 e. The van der Waals surface area contributed by atoms with Gasteiger partial charge in [-0.1, -0.05) is 0 Å². The molecule has 0 saturated carbocycles. The third kappa shape index (κ3) is 0.725. The first-order valence-electron chi connectivity index (χ1n) is 1.65. The van der Waals surface area contributed by atoms with Gasteiger partial charge >= 0.3 is 0 Å². The molecule has 1 atom stereocenters. The first-order chi connectivity index (χ1) is 2.80. The molecule has 1 saturated heterocycles. The average Bonchev–Trinajstić information content (AvgIpc) is 2.06. The molecule has 0 aromatic rings. The molecule has 1 aliphatic heterocycles. The summed E-state index contributed by atoms with van der Waals surface area (Å²) >= 11 is 3.49. The molecule has 6 heavy (non-hydrogen) atoms. The van der Waals surface area contributed by atoms with Crippen LogP contribution < -0.4 is 0 Å². The van der Waals surface area contributed by atoms with E-state index in [1.165, 1.54) is 0 Å². The SMILES string of the molecule is O=C(S)C1CO1. The number of ether oxygens (including phenoxy) is 1. The Kier molecular flexibility index (Phi) is 0.856. The van der Waals surface area contributed by atoms with Gasteiger partial charge in [0.25, 0.3) is 0 Å². The molecule has 1 rings (SSSR count). The molecular weight excluding hydrogens is 100 g/mol. The van der Waals surface area contributed by atoms with Gasteiger partial charge in [0.2, 0.25) is 5.12 Å². The first-order valence-corrected chi connectivity index (χ1v) is 2.10. The fourth-order valence-corrected chi connectivity index (χ4v) is 0.340. The van der Waals surface area contributed by atoms with Crippen LogP contribution in [0.15, 0.2) is 0 Å². The lowest BCUT2D eigenvalue weighted by Crippen LogP contribution is -1.93. The maximum atomic E-state index is 9.95. The molecule has 2 nitrogen and oxygen atoms in total. The van der Waals surface area contributed by atoms with E-state index in [0.29, 0.717) is 6.61 Å². The van der Waals surface area contributed by atoms with Crippen molar-refractivity contribution in [3.8, 4) is 0 Å². The van der Waals surface area contributed by atoms with E-state index >= 15 is 0 Å². The highest BCUT2D eigenvalue weighted by Gasteiger charge is 2.27. The van der Waals surface area contributed by atoms with Crippen LogP contribution in [0.25, 0.3) is 0 Å². The Bertz CT molecular complexity index is 76.9. The fourth-order valence-electron chi connectivity index (χ4n) is 0.191. The van der Waals surface area contributed by atoms with Crippen molar-refractivity contribution in [1.82, 2.24) is 0 Å². The van der Waals surface area contributed by atoms with Gasteiger partial charge in [-0.05, 0) is 0 Å². The predicted octanol–water partition coefficient (Wildman–Crippen LogP) is -0.158. The predicted molar refractivity (Wildman–Crippen MR) is 23.7 cm³/mol. The van der Waals surface area contributed by atoms with Crippen molar-refractivity contribution in [2.45, 2.75) is 6.10 Å². The largest absolute Gasteiger partial charge is 0.364 e. The van der Waals surface area contributed by atoms with Gasteiger partial charge in [-0.25, -0.2) is 0 Å². The van der Waals surface area contributed by atoms with Crippen LogP contribution in [0.5, 0.6) is 0 Å². The van der Waals surface area contributed by atoms with Gasteiger partial charge in [-0.15, -0.1) is 12.6 Å². The summed E-state index contributed by atoms with van der Waals surface area (Å²) in [6.07, 6.45) is -0.173. The lowest BCUT2D eigenvalue weighted by atomic mass is 10.6. The highest BCUT2D eigenvalue weighted by atomic mass is 32.1. The van der Waals surface area contributed by atoms with Crippen molar-refractivity contribution in [2.24, 2.45) is 0 Å². The standard InChI is InChI=1S/C3H4O2S/c4-3(6)2-1-5-2/h2H,1H2,(H,4,6). The van der Waals surface area contributed by atoms with Crippen LogP contribution >= 0.6 is 12.6 Å². The topological polar surface area (TPSA) is 29.6 Å². The summed E-state index contributed by atoms with van der Waals surface area (Å²) in [5.74, 6) is 0. The second-order valence-corrected chi connectivity index (χ2v) is 1.60. The maximum Gasteiger partial charge on any atom is 0.217 e. The number of thiol groups is 1. The number of epoxide rings is 1. The molecule has 34 valence electrons. The van der Waals surface area contributed by atoms with Gasteiger partial charge in [0.05, 0.1) is 6.61 Å². The average molecular weight is 104 g/mol. The third-order valence-electron chi connectivity index (χ3n) is 0.609. The molecule has 1 unspecified atom stereocenters. The molecule has 0 spiro atoms. The second-order valence-electron chi connectivity index (χ2n) is 1.16. The number of carbonyl (C=O) groups excluding carboxylic acids is 1. The zero-order valence-corrected chi connectivity index (χ0v) is 3.94. The quantitative estimate of drug-likeness (QED) is 0.370. The zero-order valence-electron chi connectivity index (χ0n) is 3.05. The molecule has 0 aliphatic carbocycles. The summed E-state index contributed by atoms with van der Waals surface area (Å²) in [6, 6.07) is 0. The molecular formula is C3H4O2S. The first kappa shape index (κ1) is 4.15. The van der Waals surface area contributed by atoms with E-state index in [1.54, 1.807) is 0 Å². The van der Waals surface area contributed by atoms with Gasteiger partial charge in [-0.3, -0.25) is 4.79 Å². The summed E-state index contributed by atoms with van der Waals surface area (Å²) in [4.78, 5) is 9.95. The Labute approximate surface area is 40.9 Å². The van der Waals surface area contributed by atoms with Crippen LogP contribution in [0, 0.1) is 0 Å². The van der Waals surface area contributed by atoms with Crippen molar-refractivity contribution >= 4 is 17.7 Å². The number of carbonyl (C=O) groups is 1. The van der Waals surface area contributed by atoms with Crippen molar-refractivity contribution in [2.75, 3.05) is 6.61 Å². The minimum absolute atomic E-state index is 0.157. The van der Waals surface area contributed by atoms with E-state index in [4.69, 9.17) is 0 Å². The Morgan fingerprint density at radius 3 is 2.50 bits per heavy atom.